The summed E-state index contributed by atoms with van der Waals surface area (Å²) in [7, 11) is 0. The maximum Gasteiger partial charge on any atom is 0.343 e. The van der Waals surface area contributed by atoms with Gasteiger partial charge < -0.3 is 18.9 Å². The molecule has 5 aliphatic rings. The minimum absolute atomic E-state index is 0.237. The average Bonchev–Trinajstić information content (AvgIpc) is 1.35. The van der Waals surface area contributed by atoms with Gasteiger partial charge in [0, 0.05) is 22.7 Å². The minimum atomic E-state index is -0.476. The quantitative estimate of drug-likeness (QED) is 0.0181. The highest BCUT2D eigenvalue weighted by atomic mass is 16.5. The van der Waals surface area contributed by atoms with Crippen LogP contribution in [0, 0.1) is 0 Å². The maximum atomic E-state index is 15.2. The van der Waals surface area contributed by atoms with E-state index in [0.29, 0.717) is 48.2 Å². The van der Waals surface area contributed by atoms with E-state index in [4.69, 9.17) is 18.9 Å². The molecule has 0 saturated heterocycles. The first-order chi connectivity index (χ1) is 56.6. The van der Waals surface area contributed by atoms with E-state index in [9.17, 15) is 4.79 Å². The summed E-state index contributed by atoms with van der Waals surface area (Å²) >= 11 is 0. The van der Waals surface area contributed by atoms with E-state index >= 15 is 4.79 Å². The van der Waals surface area contributed by atoms with Gasteiger partial charge in [-0.1, -0.05) is 160 Å². The maximum absolute atomic E-state index is 15.2. The first-order valence-electron chi connectivity index (χ1n) is 44.3. The molecule has 114 heavy (non-hydrogen) atoms. The second-order valence-corrected chi connectivity index (χ2v) is 38.4. The molecule has 0 bridgehead atoms. The highest BCUT2D eigenvalue weighted by Crippen LogP contribution is 2.97. The van der Waals surface area contributed by atoms with Crippen LogP contribution in [0.15, 0.2) is 72.8 Å². The Labute approximate surface area is 647 Å². The Morgan fingerprint density at radius 3 is 0.825 bits per heavy atom. The monoisotopic (exact) mass is 1460 g/mol. The van der Waals surface area contributed by atoms with Gasteiger partial charge in [-0.15, -0.1) is 0 Å². The van der Waals surface area contributed by atoms with E-state index in [0.717, 1.165) is 32.1 Å². The molecule has 1 saturated carbocycles. The summed E-state index contributed by atoms with van der Waals surface area (Å²) in [5.41, 5.74) is 7.08. The normalized spacial score (nSPS) is 19.3. The van der Waals surface area contributed by atoms with Gasteiger partial charge in [-0.05, 0) is 387 Å². The van der Waals surface area contributed by atoms with Crippen LogP contribution in [0.5, 0.6) is 23.0 Å². The molecule has 0 aromatic heterocycles. The molecule has 2 spiro atoms. The van der Waals surface area contributed by atoms with Gasteiger partial charge in [0.05, 0.1) is 18.8 Å². The first-order valence-corrected chi connectivity index (χ1v) is 44.3. The third-order valence-corrected chi connectivity index (χ3v) is 34.7. The van der Waals surface area contributed by atoms with Gasteiger partial charge in [0.25, 0.3) is 0 Å². The van der Waals surface area contributed by atoms with Gasteiger partial charge in [0.1, 0.15) is 11.5 Å². The van der Waals surface area contributed by atoms with Crippen molar-refractivity contribution in [2.45, 2.75) is 178 Å². The lowest BCUT2D eigenvalue weighted by Crippen LogP contribution is -2.27. The van der Waals surface area contributed by atoms with Crippen LogP contribution in [0.4, 0.5) is 0 Å². The molecule has 0 atom stereocenters. The lowest BCUT2D eigenvalue weighted by Gasteiger charge is -2.32. The number of rotatable bonds is 32. The summed E-state index contributed by atoms with van der Waals surface area (Å²) in [4.78, 5) is 29.4. The van der Waals surface area contributed by atoms with Crippen molar-refractivity contribution >= 4 is 303 Å². The van der Waals surface area contributed by atoms with Gasteiger partial charge in [0.2, 0.25) is 0 Å². The first kappa shape index (κ1) is 56.8. The van der Waals surface area contributed by atoms with E-state index in [-0.39, 0.29) is 12.4 Å². The van der Waals surface area contributed by atoms with E-state index in [1.165, 1.54) is 108 Å². The predicted octanol–water partition coefficient (Wildman–Crippen LogP) is 29.8. The smallest absolute Gasteiger partial charge is 0.343 e. The topological polar surface area (TPSA) is 71.1 Å². The largest absolute Gasteiger partial charge is 0.490 e. The average molecular weight is 1460 g/mol. The van der Waals surface area contributed by atoms with Gasteiger partial charge in [-0.25, -0.2) is 4.79 Å². The Bertz CT molecular complexity index is 8540. The second kappa shape index (κ2) is 17.1. The minimum Gasteiger partial charge on any atom is -0.490 e. The van der Waals surface area contributed by atoms with Crippen molar-refractivity contribution in [3.8, 4) is 23.0 Å². The van der Waals surface area contributed by atoms with Crippen molar-refractivity contribution < 1.29 is 28.5 Å². The third-order valence-electron chi connectivity index (χ3n) is 34.7. The molecule has 0 radical (unpaired) electrons. The van der Waals surface area contributed by atoms with Gasteiger partial charge in [0.15, 0.2) is 11.5 Å². The molecule has 0 aliphatic heterocycles. The highest BCUT2D eigenvalue weighted by molar-refractivity contribution is 6.82. The molecule has 1 fully saturated rings. The molecule has 0 N–H and O–H groups in total. The SMILES string of the molecule is CCCCCCCCCCCCOc1ccc(C(=O)Oc2ccc(OC(=O)CCCC3(c4ccccc4)C45c6c7c8c9c%10c%11c(c%12c%13c4c4c6c6c%14c7c7c8c8c%10c%10c%15c%11c%11c%12c%12c%13c%13c4c4c6c6c%14c%14c7c7c8c%10c8c%10c%15c%11c%11c%12c%12c%13c4c4c6c6c%14c7c8c7c%10c%11c%12c4c67)C935)cc2)cc1OCCCCCCCCCCCC. The molecule has 31 aromatic rings. The lowest BCUT2D eigenvalue weighted by atomic mass is 9.68. The summed E-state index contributed by atoms with van der Waals surface area (Å²) in [6.07, 6.45) is 26.9. The van der Waals surface area contributed by atoms with Crippen LogP contribution in [0.3, 0.4) is 0 Å². The summed E-state index contributed by atoms with van der Waals surface area (Å²) in [5, 5.41) is 86.6. The fourth-order valence-electron chi connectivity index (χ4n) is 32.2. The highest BCUT2D eigenvalue weighted by Gasteiger charge is 2.94. The second-order valence-electron chi connectivity index (χ2n) is 38.4. The predicted molar refractivity (Wildman–Crippen MR) is 474 cm³/mol. The molecule has 6 nitrogen and oxygen atoms in total. The molecule has 5 aliphatic carbocycles. The molecule has 0 amide bonds. The van der Waals surface area contributed by atoms with Crippen molar-refractivity contribution in [1.82, 2.24) is 0 Å². The Balaban J connectivity index is 0.509. The number of esters is 2. The Morgan fingerprint density at radius 2 is 0.526 bits per heavy atom. The van der Waals surface area contributed by atoms with Crippen LogP contribution in [0.1, 0.15) is 200 Å². The molecular weight excluding hydrogens is 1390 g/mol. The molecule has 6 heteroatoms. The van der Waals surface area contributed by atoms with E-state index in [2.05, 4.69) is 44.2 Å². The summed E-state index contributed by atoms with van der Waals surface area (Å²) < 4.78 is 25.5. The Morgan fingerprint density at radius 1 is 0.263 bits per heavy atom. The van der Waals surface area contributed by atoms with Crippen molar-refractivity contribution in [2.24, 2.45) is 0 Å². The zero-order chi connectivity index (χ0) is 72.6. The van der Waals surface area contributed by atoms with Crippen LogP contribution in [-0.4, -0.2) is 25.2 Å². The van der Waals surface area contributed by atoms with Crippen molar-refractivity contribution in [1.29, 1.82) is 0 Å². The van der Waals surface area contributed by atoms with Crippen LogP contribution >= 0.6 is 0 Å². The fourth-order valence-corrected chi connectivity index (χ4v) is 32.2. The van der Waals surface area contributed by atoms with Crippen molar-refractivity contribution in [3.05, 3.63) is 106 Å². The molecule has 36 rings (SSSR count). The van der Waals surface area contributed by atoms with Gasteiger partial charge in [-0.3, -0.25) is 4.79 Å². The zero-order valence-electron chi connectivity index (χ0n) is 63.6. The van der Waals surface area contributed by atoms with Crippen molar-refractivity contribution in [3.63, 3.8) is 0 Å². The van der Waals surface area contributed by atoms with Crippen LogP contribution in [0.25, 0.3) is 291 Å². The Kier molecular flexibility index (Phi) is 8.51. The van der Waals surface area contributed by atoms with Gasteiger partial charge >= 0.3 is 11.9 Å². The van der Waals surface area contributed by atoms with E-state index < -0.39 is 22.2 Å². The number of ether oxygens (including phenoxy) is 4. The number of carbonyl (C=O) groups is 2. The van der Waals surface area contributed by atoms with Crippen molar-refractivity contribution in [2.75, 3.05) is 13.2 Å². The number of carbonyl (C=O) groups excluding carboxylic acids is 2. The summed E-state index contributed by atoms with van der Waals surface area (Å²) in [5.74, 6) is 1.37. The van der Waals surface area contributed by atoms with Gasteiger partial charge in [-0.2, -0.15) is 0 Å². The molecule has 536 valence electrons. The van der Waals surface area contributed by atoms with Crippen LogP contribution < -0.4 is 18.9 Å². The zero-order valence-corrected chi connectivity index (χ0v) is 63.6. The number of hydrogen-bond donors (Lipinski definition) is 0. The summed E-state index contributed by atoms with van der Waals surface area (Å²) in [6.45, 7) is 5.73. The van der Waals surface area contributed by atoms with E-state index in [1.54, 1.807) is 350 Å². The molecule has 0 heterocycles. The standard InChI is InChI=1S/C108H68O6/c1-3-5-7-9-11-13-15-17-19-24-37-111-44-35-30-40(39-45(44)112-38-25-20-18-16-14-12-10-8-6-4-2)105(110)114-43-33-31-42(32-34-43)113-46(109)29-26-36-106(41-27-22-21-23-28-41)107-101-93-85-75-65-57-49-47-48-51-55-53(49)61-69-63(55)73-67-59(51)60-52(48)56-54-50(47)58(57)66-72-62(54)70-64(56)74-68(60)78-77(67)87-81(73)91-83(69)89(79(85)71(61)65)97(101)99(91)103-95(87)96-88(78)82(74)92-84(70)90-80(72)86(76(66)75)94(93)102(107)98(90)100(92)104(96)108(103,106)107/h21-23,27-28,30-35,39H,3-20,24-26,29,36-38H2,1-2H3. The van der Waals surface area contributed by atoms with Crippen LogP contribution in [-0.2, 0) is 21.0 Å². The number of hydrogen-bond acceptors (Lipinski definition) is 6. The summed E-state index contributed by atoms with van der Waals surface area (Å²) in [6, 6.07) is 24.6. The Hall–Kier alpha value is -11.3. The molecule has 31 aromatic carbocycles. The number of unbranched alkanes of at least 4 members (excludes halogenated alkanes) is 18. The fraction of sp³-hybridized carbons (Fsp3) is 0.278. The molecular formula is C108H68O6. The van der Waals surface area contributed by atoms with E-state index in [1.807, 2.05) is 6.07 Å². The molecule has 0 unspecified atom stereocenters. The lowest BCUT2D eigenvalue weighted by molar-refractivity contribution is -0.134. The number of benzene rings is 21. The van der Waals surface area contributed by atoms with Crippen LogP contribution in [0.2, 0.25) is 0 Å². The third kappa shape index (κ3) is 4.73.